The van der Waals surface area contributed by atoms with Crippen LogP contribution in [0.2, 0.25) is 0 Å². The van der Waals surface area contributed by atoms with E-state index in [2.05, 4.69) is 16.0 Å². The van der Waals surface area contributed by atoms with Crippen molar-refractivity contribution in [2.45, 2.75) is 57.6 Å². The summed E-state index contributed by atoms with van der Waals surface area (Å²) in [4.78, 5) is 23.9. The topological polar surface area (TPSA) is 79.5 Å². The van der Waals surface area contributed by atoms with E-state index in [0.717, 1.165) is 0 Å². The maximum Gasteiger partial charge on any atom is 0.239 e. The molecule has 3 N–H and O–H groups in total. The molecule has 0 aromatic rings. The minimum absolute atomic E-state index is 0. The van der Waals surface area contributed by atoms with Crippen LogP contribution in [0.3, 0.4) is 0 Å². The van der Waals surface area contributed by atoms with Gasteiger partial charge in [0.15, 0.2) is 0 Å². The normalized spacial score (nSPS) is 25.3. The first kappa shape index (κ1) is 20.2. The van der Waals surface area contributed by atoms with Crippen molar-refractivity contribution in [3.05, 3.63) is 0 Å². The maximum atomic E-state index is 12.0. The van der Waals surface area contributed by atoms with Crippen molar-refractivity contribution in [2.75, 3.05) is 26.2 Å². The molecule has 0 spiro atoms. The lowest BCUT2D eigenvalue weighted by atomic mass is 9.87. The van der Waals surface area contributed by atoms with Gasteiger partial charge >= 0.3 is 0 Å². The van der Waals surface area contributed by atoms with Crippen molar-refractivity contribution in [3.8, 4) is 0 Å². The predicted molar refractivity (Wildman–Crippen MR) is 91.7 cm³/mol. The zero-order chi connectivity index (χ0) is 15.8. The highest BCUT2D eigenvalue weighted by Gasteiger charge is 2.27. The van der Waals surface area contributed by atoms with Crippen molar-refractivity contribution in [1.82, 2.24) is 16.0 Å². The Morgan fingerprint density at radius 1 is 1.13 bits per heavy atom. The van der Waals surface area contributed by atoms with Gasteiger partial charge in [0.2, 0.25) is 11.8 Å². The summed E-state index contributed by atoms with van der Waals surface area (Å²) in [7, 11) is 0. The van der Waals surface area contributed by atoms with Gasteiger partial charge in [-0.3, -0.25) is 9.59 Å². The zero-order valence-corrected chi connectivity index (χ0v) is 14.8. The molecule has 0 aromatic carbocycles. The monoisotopic (exact) mass is 347 g/mol. The third-order valence-corrected chi connectivity index (χ3v) is 4.54. The van der Waals surface area contributed by atoms with E-state index < -0.39 is 0 Å². The van der Waals surface area contributed by atoms with E-state index in [0.29, 0.717) is 38.6 Å². The van der Waals surface area contributed by atoms with Crippen LogP contribution in [0, 0.1) is 5.92 Å². The number of carbonyl (C=O) groups is 2. The molecule has 0 bridgehead atoms. The molecular formula is C16H30ClN3O3. The number of amides is 2. The number of nitrogens with one attached hydrogen (secondary N) is 3. The van der Waals surface area contributed by atoms with Crippen LogP contribution in [0.1, 0.15) is 45.4 Å². The number of halogens is 1. The third kappa shape index (κ3) is 7.06. The van der Waals surface area contributed by atoms with E-state index in [-0.39, 0.29) is 36.4 Å². The molecule has 1 heterocycles. The van der Waals surface area contributed by atoms with E-state index in [1.165, 1.54) is 32.1 Å². The van der Waals surface area contributed by atoms with Gasteiger partial charge in [-0.2, -0.15) is 0 Å². The Hall–Kier alpha value is -0.850. The number of carbonyl (C=O) groups excluding carboxylic acids is 2. The van der Waals surface area contributed by atoms with Crippen LogP contribution in [0.25, 0.3) is 0 Å². The standard InChI is InChI=1S/C16H29N3O3.ClH/c1-12-15(18-9-10-22-12)16(21)19-8-7-17-14(20)11-13-5-3-2-4-6-13;/h12-13,15,18H,2-11H2,1H3,(H,17,20)(H,19,21);1H/t12-,15+;/m1./s1. The second-order valence-corrected chi connectivity index (χ2v) is 6.36. The molecule has 23 heavy (non-hydrogen) atoms. The van der Waals surface area contributed by atoms with Gasteiger partial charge in [-0.1, -0.05) is 19.3 Å². The smallest absolute Gasteiger partial charge is 0.239 e. The first-order valence-electron chi connectivity index (χ1n) is 8.56. The molecule has 2 aliphatic rings. The van der Waals surface area contributed by atoms with Crippen LogP contribution in [-0.4, -0.2) is 50.2 Å². The molecule has 0 unspecified atom stereocenters. The molecule has 2 atom stereocenters. The highest BCUT2D eigenvalue weighted by atomic mass is 35.5. The summed E-state index contributed by atoms with van der Waals surface area (Å²) >= 11 is 0. The molecule has 2 amide bonds. The molecule has 2 rings (SSSR count). The van der Waals surface area contributed by atoms with Crippen LogP contribution in [0.5, 0.6) is 0 Å². The Morgan fingerprint density at radius 2 is 1.83 bits per heavy atom. The summed E-state index contributed by atoms with van der Waals surface area (Å²) in [6.07, 6.45) is 6.68. The Kier molecular flexibility index (Phi) is 9.52. The lowest BCUT2D eigenvalue weighted by Gasteiger charge is -2.29. The first-order chi connectivity index (χ1) is 10.7. The molecule has 0 radical (unpaired) electrons. The van der Waals surface area contributed by atoms with Crippen LogP contribution in [0.4, 0.5) is 0 Å². The zero-order valence-electron chi connectivity index (χ0n) is 13.9. The van der Waals surface area contributed by atoms with Gasteiger partial charge in [-0.05, 0) is 25.7 Å². The summed E-state index contributed by atoms with van der Waals surface area (Å²) in [5.74, 6) is 0.593. The predicted octanol–water partition coefficient (Wildman–Crippen LogP) is 0.988. The lowest BCUT2D eigenvalue weighted by molar-refractivity contribution is -0.129. The molecule has 1 saturated carbocycles. The van der Waals surface area contributed by atoms with E-state index in [9.17, 15) is 9.59 Å². The highest BCUT2D eigenvalue weighted by molar-refractivity contribution is 5.85. The van der Waals surface area contributed by atoms with Crippen LogP contribution >= 0.6 is 12.4 Å². The van der Waals surface area contributed by atoms with Crippen LogP contribution in [0.15, 0.2) is 0 Å². The van der Waals surface area contributed by atoms with Gasteiger partial charge in [0.05, 0.1) is 12.7 Å². The second-order valence-electron chi connectivity index (χ2n) is 6.36. The van der Waals surface area contributed by atoms with Crippen molar-refractivity contribution in [2.24, 2.45) is 5.92 Å². The van der Waals surface area contributed by atoms with E-state index in [1.807, 2.05) is 6.92 Å². The second kappa shape index (κ2) is 10.8. The van der Waals surface area contributed by atoms with Gasteiger partial charge in [-0.15, -0.1) is 12.4 Å². The fourth-order valence-corrected chi connectivity index (χ4v) is 3.25. The Balaban J connectivity index is 0.00000264. The SMILES string of the molecule is C[C@H]1OCCN[C@@H]1C(=O)NCCNC(=O)CC1CCCCC1.Cl. The van der Waals surface area contributed by atoms with Gasteiger partial charge in [0.1, 0.15) is 6.04 Å². The number of ether oxygens (including phenoxy) is 1. The molecule has 6 nitrogen and oxygen atoms in total. The Morgan fingerprint density at radius 3 is 2.52 bits per heavy atom. The number of rotatable bonds is 6. The molecule has 1 aliphatic heterocycles. The quantitative estimate of drug-likeness (QED) is 0.626. The van der Waals surface area contributed by atoms with E-state index >= 15 is 0 Å². The van der Waals surface area contributed by atoms with Gasteiger partial charge < -0.3 is 20.7 Å². The van der Waals surface area contributed by atoms with E-state index in [1.54, 1.807) is 0 Å². The third-order valence-electron chi connectivity index (χ3n) is 4.54. The average Bonchev–Trinajstić information content (AvgIpc) is 2.53. The lowest BCUT2D eigenvalue weighted by Crippen LogP contribution is -2.56. The number of hydrogen-bond donors (Lipinski definition) is 3. The largest absolute Gasteiger partial charge is 0.375 e. The molecule has 2 fully saturated rings. The molecular weight excluding hydrogens is 318 g/mol. The average molecular weight is 348 g/mol. The highest BCUT2D eigenvalue weighted by Crippen LogP contribution is 2.25. The fraction of sp³-hybridized carbons (Fsp3) is 0.875. The molecule has 1 saturated heterocycles. The van der Waals surface area contributed by atoms with E-state index in [4.69, 9.17) is 4.74 Å². The van der Waals surface area contributed by atoms with Gasteiger partial charge in [0.25, 0.3) is 0 Å². The Labute approximate surface area is 144 Å². The summed E-state index contributed by atoms with van der Waals surface area (Å²) in [5, 5.41) is 8.89. The van der Waals surface area contributed by atoms with Crippen molar-refractivity contribution < 1.29 is 14.3 Å². The summed E-state index contributed by atoms with van der Waals surface area (Å²) in [5.41, 5.74) is 0. The van der Waals surface area contributed by atoms with Crippen LogP contribution in [-0.2, 0) is 14.3 Å². The van der Waals surface area contributed by atoms with Gasteiger partial charge in [-0.25, -0.2) is 0 Å². The summed E-state index contributed by atoms with van der Waals surface area (Å²) in [6.45, 7) is 4.17. The van der Waals surface area contributed by atoms with Crippen molar-refractivity contribution in [1.29, 1.82) is 0 Å². The molecule has 134 valence electrons. The minimum Gasteiger partial charge on any atom is -0.375 e. The van der Waals surface area contributed by atoms with Crippen LogP contribution < -0.4 is 16.0 Å². The fourth-order valence-electron chi connectivity index (χ4n) is 3.25. The molecule has 1 aliphatic carbocycles. The number of hydrogen-bond acceptors (Lipinski definition) is 4. The molecule has 7 heteroatoms. The summed E-state index contributed by atoms with van der Waals surface area (Å²) in [6, 6.07) is -0.299. The summed E-state index contributed by atoms with van der Waals surface area (Å²) < 4.78 is 5.45. The number of morpholine rings is 1. The molecule has 0 aromatic heterocycles. The minimum atomic E-state index is -0.299. The van der Waals surface area contributed by atoms with Crippen molar-refractivity contribution in [3.63, 3.8) is 0 Å². The maximum absolute atomic E-state index is 12.0. The van der Waals surface area contributed by atoms with Crippen molar-refractivity contribution >= 4 is 24.2 Å². The first-order valence-corrected chi connectivity index (χ1v) is 8.56. The Bertz CT molecular complexity index is 376. The van der Waals surface area contributed by atoms with Gasteiger partial charge in [0, 0.05) is 26.1 Å².